The molecule has 0 radical (unpaired) electrons. The fourth-order valence-electron chi connectivity index (χ4n) is 0.982. The monoisotopic (exact) mass is 230 g/mol. The fraction of sp³-hybridized carbons (Fsp3) is 0.455. The van der Waals surface area contributed by atoms with Crippen molar-refractivity contribution in [3.63, 3.8) is 0 Å². The average Bonchev–Trinajstić information content (AvgIpc) is 2.15. The molecule has 1 rings (SSSR count). The van der Waals surface area contributed by atoms with Crippen molar-refractivity contribution in [2.24, 2.45) is 5.92 Å². The SMILES string of the molecule is CSc1ccc(OCC(C)C)c(Cl)c1. The van der Waals surface area contributed by atoms with E-state index < -0.39 is 0 Å². The molecule has 0 aliphatic heterocycles. The van der Waals surface area contributed by atoms with Crippen molar-refractivity contribution in [3.05, 3.63) is 23.2 Å². The van der Waals surface area contributed by atoms with Gasteiger partial charge in [-0.3, -0.25) is 0 Å². The van der Waals surface area contributed by atoms with Crippen LogP contribution in [0.4, 0.5) is 0 Å². The highest BCUT2D eigenvalue weighted by Crippen LogP contribution is 2.29. The normalized spacial score (nSPS) is 10.6. The topological polar surface area (TPSA) is 9.23 Å². The van der Waals surface area contributed by atoms with Crippen molar-refractivity contribution in [3.8, 4) is 5.75 Å². The molecule has 0 heterocycles. The third kappa shape index (κ3) is 3.43. The highest BCUT2D eigenvalue weighted by atomic mass is 35.5. The highest BCUT2D eigenvalue weighted by molar-refractivity contribution is 7.98. The predicted molar refractivity (Wildman–Crippen MR) is 63.6 cm³/mol. The lowest BCUT2D eigenvalue weighted by molar-refractivity contribution is 0.271. The van der Waals surface area contributed by atoms with Gasteiger partial charge in [0.05, 0.1) is 11.6 Å². The Morgan fingerprint density at radius 2 is 2.14 bits per heavy atom. The van der Waals surface area contributed by atoms with Crippen LogP contribution in [0.25, 0.3) is 0 Å². The highest BCUT2D eigenvalue weighted by Gasteiger charge is 2.03. The molecule has 0 saturated heterocycles. The van der Waals surface area contributed by atoms with Gasteiger partial charge in [-0.05, 0) is 30.4 Å². The van der Waals surface area contributed by atoms with Gasteiger partial charge in [0.15, 0.2) is 0 Å². The molecule has 0 N–H and O–H groups in total. The zero-order valence-electron chi connectivity index (χ0n) is 8.71. The maximum atomic E-state index is 6.05. The van der Waals surface area contributed by atoms with E-state index in [1.165, 1.54) is 0 Å². The number of hydrogen-bond acceptors (Lipinski definition) is 2. The van der Waals surface area contributed by atoms with E-state index in [0.29, 0.717) is 17.5 Å². The zero-order chi connectivity index (χ0) is 10.6. The second-order valence-corrected chi connectivity index (χ2v) is 4.79. The minimum Gasteiger partial charge on any atom is -0.492 e. The summed E-state index contributed by atoms with van der Waals surface area (Å²) in [5, 5.41) is 0.692. The minimum atomic E-state index is 0.520. The molecular weight excluding hydrogens is 216 g/mol. The number of benzene rings is 1. The van der Waals surface area contributed by atoms with Crippen LogP contribution in [0.5, 0.6) is 5.75 Å². The lowest BCUT2D eigenvalue weighted by atomic mass is 10.2. The molecule has 78 valence electrons. The third-order valence-corrected chi connectivity index (χ3v) is 2.73. The van der Waals surface area contributed by atoms with Crippen LogP contribution in [-0.4, -0.2) is 12.9 Å². The number of thioether (sulfide) groups is 1. The number of hydrogen-bond donors (Lipinski definition) is 0. The van der Waals surface area contributed by atoms with Gasteiger partial charge in [0, 0.05) is 4.90 Å². The van der Waals surface area contributed by atoms with E-state index >= 15 is 0 Å². The Bertz CT molecular complexity index is 299. The van der Waals surface area contributed by atoms with E-state index in [0.717, 1.165) is 10.6 Å². The summed E-state index contributed by atoms with van der Waals surface area (Å²) < 4.78 is 5.56. The van der Waals surface area contributed by atoms with Crippen molar-refractivity contribution in [1.29, 1.82) is 0 Å². The predicted octanol–water partition coefficient (Wildman–Crippen LogP) is 4.10. The number of ether oxygens (including phenoxy) is 1. The molecule has 0 aliphatic rings. The summed E-state index contributed by atoms with van der Waals surface area (Å²) in [5.41, 5.74) is 0. The third-order valence-electron chi connectivity index (χ3n) is 1.71. The summed E-state index contributed by atoms with van der Waals surface area (Å²) in [6, 6.07) is 5.88. The quantitative estimate of drug-likeness (QED) is 0.721. The molecule has 0 aliphatic carbocycles. The van der Waals surface area contributed by atoms with E-state index in [1.807, 2.05) is 24.5 Å². The van der Waals surface area contributed by atoms with E-state index in [4.69, 9.17) is 16.3 Å². The average molecular weight is 231 g/mol. The molecule has 1 aromatic rings. The van der Waals surface area contributed by atoms with Crippen molar-refractivity contribution in [2.45, 2.75) is 18.7 Å². The van der Waals surface area contributed by atoms with E-state index in [1.54, 1.807) is 11.8 Å². The molecule has 0 saturated carbocycles. The molecule has 0 amide bonds. The molecule has 1 nitrogen and oxygen atoms in total. The van der Waals surface area contributed by atoms with Gasteiger partial charge >= 0.3 is 0 Å². The van der Waals surface area contributed by atoms with Crippen LogP contribution in [0.3, 0.4) is 0 Å². The second kappa shape index (κ2) is 5.52. The van der Waals surface area contributed by atoms with Crippen LogP contribution in [0.1, 0.15) is 13.8 Å². The van der Waals surface area contributed by atoms with Crippen LogP contribution in [0, 0.1) is 5.92 Å². The number of rotatable bonds is 4. The standard InChI is InChI=1S/C11H15ClOS/c1-8(2)7-13-11-5-4-9(14-3)6-10(11)12/h4-6,8H,7H2,1-3H3. The van der Waals surface area contributed by atoms with E-state index in [9.17, 15) is 0 Å². The van der Waals surface area contributed by atoms with Crippen molar-refractivity contribution in [1.82, 2.24) is 0 Å². The van der Waals surface area contributed by atoms with Crippen LogP contribution < -0.4 is 4.74 Å². The summed E-state index contributed by atoms with van der Waals surface area (Å²) in [4.78, 5) is 1.16. The first kappa shape index (κ1) is 11.7. The first-order chi connectivity index (χ1) is 6.63. The van der Waals surface area contributed by atoms with E-state index in [2.05, 4.69) is 13.8 Å². The molecule has 0 aromatic heterocycles. The molecule has 0 bridgehead atoms. The van der Waals surface area contributed by atoms with Gasteiger partial charge in [-0.1, -0.05) is 25.4 Å². The molecule has 0 fully saturated rings. The Labute approximate surface area is 94.8 Å². The summed E-state index contributed by atoms with van der Waals surface area (Å²) in [6.07, 6.45) is 2.03. The maximum absolute atomic E-state index is 6.05. The Morgan fingerprint density at radius 3 is 2.64 bits per heavy atom. The Kier molecular flexibility index (Phi) is 4.63. The van der Waals surface area contributed by atoms with Gasteiger partial charge in [-0.25, -0.2) is 0 Å². The van der Waals surface area contributed by atoms with Crippen molar-refractivity contribution in [2.75, 3.05) is 12.9 Å². The van der Waals surface area contributed by atoms with Crippen LogP contribution in [0.2, 0.25) is 5.02 Å². The van der Waals surface area contributed by atoms with Crippen LogP contribution in [0.15, 0.2) is 23.1 Å². The van der Waals surface area contributed by atoms with Crippen molar-refractivity contribution >= 4 is 23.4 Å². The van der Waals surface area contributed by atoms with Gasteiger partial charge in [0.2, 0.25) is 0 Å². The molecule has 0 atom stereocenters. The molecular formula is C11H15ClOS. The first-order valence-electron chi connectivity index (χ1n) is 4.60. The van der Waals surface area contributed by atoms with Gasteiger partial charge < -0.3 is 4.74 Å². The first-order valence-corrected chi connectivity index (χ1v) is 6.20. The Balaban J connectivity index is 2.69. The zero-order valence-corrected chi connectivity index (χ0v) is 10.3. The Hall–Kier alpha value is -0.340. The van der Waals surface area contributed by atoms with Crippen molar-refractivity contribution < 1.29 is 4.74 Å². The number of halogens is 1. The lowest BCUT2D eigenvalue weighted by Crippen LogP contribution is -2.04. The van der Waals surface area contributed by atoms with Gasteiger partial charge in [-0.15, -0.1) is 11.8 Å². The smallest absolute Gasteiger partial charge is 0.137 e. The Morgan fingerprint density at radius 1 is 1.43 bits per heavy atom. The van der Waals surface area contributed by atoms with Gasteiger partial charge in [0.25, 0.3) is 0 Å². The summed E-state index contributed by atoms with van der Waals surface area (Å²) in [6.45, 7) is 4.94. The fourth-order valence-corrected chi connectivity index (χ4v) is 1.72. The summed E-state index contributed by atoms with van der Waals surface area (Å²) in [5.74, 6) is 1.30. The molecule has 3 heteroatoms. The second-order valence-electron chi connectivity index (χ2n) is 3.50. The van der Waals surface area contributed by atoms with Crippen LogP contribution in [-0.2, 0) is 0 Å². The molecule has 0 spiro atoms. The maximum Gasteiger partial charge on any atom is 0.137 e. The summed E-state index contributed by atoms with van der Waals surface area (Å²) in [7, 11) is 0. The van der Waals surface area contributed by atoms with E-state index in [-0.39, 0.29) is 0 Å². The largest absolute Gasteiger partial charge is 0.492 e. The van der Waals surface area contributed by atoms with Gasteiger partial charge in [-0.2, -0.15) is 0 Å². The summed E-state index contributed by atoms with van der Waals surface area (Å²) >= 11 is 7.73. The van der Waals surface area contributed by atoms with Crippen LogP contribution >= 0.6 is 23.4 Å². The molecule has 14 heavy (non-hydrogen) atoms. The molecule has 0 unspecified atom stereocenters. The molecule has 1 aromatic carbocycles. The minimum absolute atomic E-state index is 0.520. The lowest BCUT2D eigenvalue weighted by Gasteiger charge is -2.10. The van der Waals surface area contributed by atoms with Gasteiger partial charge in [0.1, 0.15) is 5.75 Å².